The van der Waals surface area contributed by atoms with Gasteiger partial charge in [-0.15, -0.1) is 11.6 Å². The van der Waals surface area contributed by atoms with E-state index in [4.69, 9.17) is 21.1 Å². The van der Waals surface area contributed by atoms with Crippen LogP contribution in [0.15, 0.2) is 0 Å². The van der Waals surface area contributed by atoms with Crippen LogP contribution in [-0.4, -0.2) is 52.5 Å². The molecule has 5 nitrogen and oxygen atoms in total. The second-order valence-electron chi connectivity index (χ2n) is 3.63. The molecule has 0 amide bonds. The summed E-state index contributed by atoms with van der Waals surface area (Å²) in [5.74, 6) is 0.613. The molecule has 0 aromatic carbocycles. The van der Waals surface area contributed by atoms with E-state index in [1.165, 1.54) is 0 Å². The molecular weight excluding hydrogens is 254 g/mol. The number of ether oxygens (including phenoxy) is 2. The lowest BCUT2D eigenvalue weighted by Crippen LogP contribution is -2.40. The van der Waals surface area contributed by atoms with Crippen LogP contribution in [0.3, 0.4) is 0 Å². The van der Waals surface area contributed by atoms with Crippen LogP contribution in [-0.2, 0) is 19.5 Å². The third kappa shape index (κ3) is 6.00. The van der Waals surface area contributed by atoms with E-state index in [1.807, 2.05) is 0 Å². The smallest absolute Gasteiger partial charge is 0.211 e. The molecule has 0 radical (unpaired) electrons. The molecule has 0 aromatic heterocycles. The van der Waals surface area contributed by atoms with Crippen molar-refractivity contribution < 1.29 is 17.9 Å². The minimum Gasteiger partial charge on any atom is -0.376 e. The van der Waals surface area contributed by atoms with Crippen LogP contribution < -0.4 is 4.72 Å². The highest BCUT2D eigenvalue weighted by Gasteiger charge is 2.17. The molecular formula is C9H18ClNO4S. The van der Waals surface area contributed by atoms with Crippen molar-refractivity contribution in [2.75, 3.05) is 38.0 Å². The molecule has 96 valence electrons. The average molecular weight is 272 g/mol. The predicted octanol–water partition coefficient (Wildman–Crippen LogP) is 0.340. The summed E-state index contributed by atoms with van der Waals surface area (Å²) in [6.07, 6.45) is 1.13. The Balaban J connectivity index is 2.18. The van der Waals surface area contributed by atoms with Gasteiger partial charge in [0.05, 0.1) is 31.7 Å². The summed E-state index contributed by atoms with van der Waals surface area (Å²) in [5, 5.41) is 0. The van der Waals surface area contributed by atoms with Gasteiger partial charge in [0.1, 0.15) is 0 Å². The van der Waals surface area contributed by atoms with Crippen LogP contribution in [0, 0.1) is 0 Å². The molecule has 0 bridgehead atoms. The average Bonchev–Trinajstić information content (AvgIpc) is 2.28. The Morgan fingerprint density at radius 2 is 2.12 bits per heavy atom. The van der Waals surface area contributed by atoms with E-state index in [1.54, 1.807) is 0 Å². The van der Waals surface area contributed by atoms with Crippen molar-refractivity contribution in [2.45, 2.75) is 18.9 Å². The first-order valence-electron chi connectivity index (χ1n) is 5.37. The lowest BCUT2D eigenvalue weighted by molar-refractivity contribution is -0.0846. The van der Waals surface area contributed by atoms with E-state index in [0.29, 0.717) is 38.5 Å². The third-order valence-corrected chi connectivity index (χ3v) is 3.91. The van der Waals surface area contributed by atoms with Gasteiger partial charge in [-0.1, -0.05) is 0 Å². The van der Waals surface area contributed by atoms with Crippen molar-refractivity contribution in [3.63, 3.8) is 0 Å². The van der Waals surface area contributed by atoms with E-state index >= 15 is 0 Å². The fraction of sp³-hybridized carbons (Fsp3) is 1.00. The zero-order valence-corrected chi connectivity index (χ0v) is 10.7. The van der Waals surface area contributed by atoms with Gasteiger partial charge in [0.2, 0.25) is 10.0 Å². The van der Waals surface area contributed by atoms with Crippen molar-refractivity contribution >= 4 is 21.6 Å². The highest BCUT2D eigenvalue weighted by molar-refractivity contribution is 7.89. The van der Waals surface area contributed by atoms with Gasteiger partial charge >= 0.3 is 0 Å². The molecule has 1 saturated heterocycles. The molecule has 1 N–H and O–H groups in total. The lowest BCUT2D eigenvalue weighted by atomic mass is 10.3. The summed E-state index contributed by atoms with van der Waals surface area (Å²) in [6, 6.07) is 0. The summed E-state index contributed by atoms with van der Waals surface area (Å²) in [5.41, 5.74) is 0. The predicted molar refractivity (Wildman–Crippen MR) is 62.3 cm³/mol. The molecule has 1 aliphatic heterocycles. The van der Waals surface area contributed by atoms with E-state index in [2.05, 4.69) is 4.72 Å². The van der Waals surface area contributed by atoms with Crippen molar-refractivity contribution in [1.29, 1.82) is 0 Å². The van der Waals surface area contributed by atoms with Gasteiger partial charge < -0.3 is 9.47 Å². The van der Waals surface area contributed by atoms with Gasteiger partial charge in [0, 0.05) is 12.4 Å². The number of hydrogen-bond acceptors (Lipinski definition) is 4. The normalized spacial score (nSPS) is 22.2. The summed E-state index contributed by atoms with van der Waals surface area (Å²) < 4.78 is 36.0. The number of halogens is 1. The first kappa shape index (κ1) is 14.2. The SMILES string of the molecule is O=S(=O)(CCCCCl)NCC1COCCO1. The van der Waals surface area contributed by atoms with Crippen LogP contribution in [0.25, 0.3) is 0 Å². The van der Waals surface area contributed by atoms with Crippen molar-refractivity contribution in [3.05, 3.63) is 0 Å². The molecule has 7 heteroatoms. The molecule has 1 rings (SSSR count). The van der Waals surface area contributed by atoms with Crippen LogP contribution in [0.1, 0.15) is 12.8 Å². The van der Waals surface area contributed by atoms with E-state index < -0.39 is 10.0 Å². The highest BCUT2D eigenvalue weighted by Crippen LogP contribution is 2.01. The second kappa shape index (κ2) is 7.45. The zero-order valence-electron chi connectivity index (χ0n) is 9.15. The van der Waals surface area contributed by atoms with Crippen molar-refractivity contribution in [3.8, 4) is 0 Å². The summed E-state index contributed by atoms with van der Waals surface area (Å²) >= 11 is 5.48. The molecule has 1 unspecified atom stereocenters. The van der Waals surface area contributed by atoms with Gasteiger partial charge in [-0.25, -0.2) is 13.1 Å². The number of unbranched alkanes of at least 4 members (excludes halogenated alkanes) is 1. The first-order chi connectivity index (χ1) is 7.64. The van der Waals surface area contributed by atoms with Crippen molar-refractivity contribution in [2.24, 2.45) is 0 Å². The molecule has 0 aliphatic carbocycles. The minimum absolute atomic E-state index is 0.118. The minimum atomic E-state index is -3.20. The van der Waals surface area contributed by atoms with Gasteiger partial charge in [-0.3, -0.25) is 0 Å². The molecule has 0 spiro atoms. The first-order valence-corrected chi connectivity index (χ1v) is 7.55. The van der Waals surface area contributed by atoms with Gasteiger partial charge in [-0.05, 0) is 12.8 Å². The number of nitrogens with one attached hydrogen (secondary N) is 1. The Kier molecular flexibility index (Phi) is 6.60. The molecule has 1 atom stereocenters. The molecule has 16 heavy (non-hydrogen) atoms. The Hall–Kier alpha value is 0.120. The molecule has 1 heterocycles. The van der Waals surface area contributed by atoms with E-state index in [0.717, 1.165) is 0 Å². The van der Waals surface area contributed by atoms with E-state index in [9.17, 15) is 8.42 Å². The number of sulfonamides is 1. The Morgan fingerprint density at radius 3 is 2.75 bits per heavy atom. The lowest BCUT2D eigenvalue weighted by Gasteiger charge is -2.22. The maximum atomic E-state index is 11.5. The Morgan fingerprint density at radius 1 is 1.31 bits per heavy atom. The topological polar surface area (TPSA) is 64.6 Å². The fourth-order valence-corrected chi connectivity index (χ4v) is 2.69. The largest absolute Gasteiger partial charge is 0.376 e. The number of rotatable bonds is 7. The second-order valence-corrected chi connectivity index (χ2v) is 5.94. The third-order valence-electron chi connectivity index (χ3n) is 2.21. The standard InChI is InChI=1S/C9H18ClNO4S/c10-3-1-2-6-16(12,13)11-7-9-8-14-4-5-15-9/h9,11H,1-8H2. The monoisotopic (exact) mass is 271 g/mol. The van der Waals surface area contributed by atoms with Crippen LogP contribution in [0.2, 0.25) is 0 Å². The Bertz CT molecular complexity index is 277. The quantitative estimate of drug-likeness (QED) is 0.536. The number of hydrogen-bond donors (Lipinski definition) is 1. The van der Waals surface area contributed by atoms with Gasteiger partial charge in [-0.2, -0.15) is 0 Å². The molecule has 1 fully saturated rings. The Labute approximate surface area is 101 Å². The summed E-state index contributed by atoms with van der Waals surface area (Å²) in [6.45, 7) is 1.84. The van der Waals surface area contributed by atoms with Gasteiger partial charge in [0.25, 0.3) is 0 Å². The fourth-order valence-electron chi connectivity index (χ4n) is 1.33. The van der Waals surface area contributed by atoms with E-state index in [-0.39, 0.29) is 18.4 Å². The maximum absolute atomic E-state index is 11.5. The summed E-state index contributed by atoms with van der Waals surface area (Å²) in [4.78, 5) is 0. The van der Waals surface area contributed by atoms with Gasteiger partial charge in [0.15, 0.2) is 0 Å². The van der Waals surface area contributed by atoms with Crippen molar-refractivity contribution in [1.82, 2.24) is 4.72 Å². The zero-order chi connectivity index (χ0) is 11.9. The van der Waals surface area contributed by atoms with Crippen LogP contribution in [0.4, 0.5) is 0 Å². The number of alkyl halides is 1. The highest BCUT2D eigenvalue weighted by atomic mass is 35.5. The maximum Gasteiger partial charge on any atom is 0.211 e. The van der Waals surface area contributed by atoms with Crippen LogP contribution in [0.5, 0.6) is 0 Å². The van der Waals surface area contributed by atoms with Crippen LogP contribution >= 0.6 is 11.6 Å². The molecule has 1 aliphatic rings. The summed E-state index contributed by atoms with van der Waals surface area (Å²) in [7, 11) is -3.20. The molecule has 0 saturated carbocycles. The molecule has 0 aromatic rings.